The molecule has 294 valence electrons. The number of ether oxygens (including phenoxy) is 9. The summed E-state index contributed by atoms with van der Waals surface area (Å²) in [5.74, 6) is 0. The second kappa shape index (κ2) is 20.8. The van der Waals surface area contributed by atoms with Gasteiger partial charge in [0.1, 0.15) is 36.6 Å². The number of hydrogen-bond donors (Lipinski definition) is 0. The zero-order valence-electron chi connectivity index (χ0n) is 32.0. The van der Waals surface area contributed by atoms with Crippen molar-refractivity contribution in [1.82, 2.24) is 0 Å². The molecule has 7 rings (SSSR count). The standard InChI is InChI=1S/C47H52O9/c1-34-41(50-29-36-20-10-4-11-21-36)43(45(46(48-2)54-34)53-32-39-26-16-7-17-27-39)56-47-44(52-31-38-24-14-6-15-25-38)42(51-30-37-22-12-5-13-23-37)40(55-47)33-49-28-35-18-8-3-9-19-35/h3-27,34,40-47H,28-33H2,1-2H3/t34-,40+,41-,42+,43+,44+,45+,46+,47-/m0/s1. The van der Waals surface area contributed by atoms with Gasteiger partial charge in [0.25, 0.3) is 0 Å². The van der Waals surface area contributed by atoms with Gasteiger partial charge in [-0.25, -0.2) is 0 Å². The Morgan fingerprint density at radius 3 is 1.21 bits per heavy atom. The first kappa shape index (κ1) is 40.0. The fourth-order valence-electron chi connectivity index (χ4n) is 7.13. The van der Waals surface area contributed by atoms with E-state index in [1.165, 1.54) is 0 Å². The summed E-state index contributed by atoms with van der Waals surface area (Å²) in [6.45, 7) is 3.98. The van der Waals surface area contributed by atoms with Crippen molar-refractivity contribution < 1.29 is 42.6 Å². The van der Waals surface area contributed by atoms with Crippen molar-refractivity contribution in [3.05, 3.63) is 179 Å². The third-order valence-electron chi connectivity index (χ3n) is 10.1. The molecule has 2 saturated heterocycles. The quantitative estimate of drug-likeness (QED) is 0.0831. The van der Waals surface area contributed by atoms with Crippen LogP contribution >= 0.6 is 0 Å². The predicted molar refractivity (Wildman–Crippen MR) is 211 cm³/mol. The van der Waals surface area contributed by atoms with Crippen LogP contribution in [-0.4, -0.2) is 69.0 Å². The molecule has 2 fully saturated rings. The molecule has 56 heavy (non-hydrogen) atoms. The average Bonchev–Trinajstić information content (AvgIpc) is 3.58. The van der Waals surface area contributed by atoms with Gasteiger partial charge in [-0.15, -0.1) is 0 Å². The van der Waals surface area contributed by atoms with Crippen molar-refractivity contribution in [2.75, 3.05) is 13.7 Å². The number of hydrogen-bond acceptors (Lipinski definition) is 9. The monoisotopic (exact) mass is 760 g/mol. The molecule has 0 amide bonds. The molecule has 0 aliphatic carbocycles. The molecule has 0 spiro atoms. The third-order valence-corrected chi connectivity index (χ3v) is 10.1. The van der Waals surface area contributed by atoms with Crippen LogP contribution in [0.3, 0.4) is 0 Å². The maximum Gasteiger partial charge on any atom is 0.187 e. The summed E-state index contributed by atoms with van der Waals surface area (Å²) in [6.07, 6.45) is -5.68. The van der Waals surface area contributed by atoms with Crippen LogP contribution in [0, 0.1) is 0 Å². The van der Waals surface area contributed by atoms with Gasteiger partial charge in [-0.05, 0) is 34.7 Å². The highest BCUT2D eigenvalue weighted by atomic mass is 16.8. The highest BCUT2D eigenvalue weighted by Gasteiger charge is 2.53. The highest BCUT2D eigenvalue weighted by Crippen LogP contribution is 2.36. The fraction of sp³-hybridized carbons (Fsp3) is 0.362. The van der Waals surface area contributed by atoms with E-state index in [4.69, 9.17) is 42.6 Å². The van der Waals surface area contributed by atoms with Gasteiger partial charge in [0.2, 0.25) is 0 Å². The minimum Gasteiger partial charge on any atom is -0.374 e. The van der Waals surface area contributed by atoms with E-state index in [2.05, 4.69) is 0 Å². The van der Waals surface area contributed by atoms with E-state index >= 15 is 0 Å². The smallest absolute Gasteiger partial charge is 0.187 e. The molecule has 9 atom stereocenters. The molecular formula is C47H52O9. The van der Waals surface area contributed by atoms with Gasteiger partial charge in [-0.3, -0.25) is 0 Å². The minimum atomic E-state index is -0.886. The summed E-state index contributed by atoms with van der Waals surface area (Å²) in [4.78, 5) is 0. The van der Waals surface area contributed by atoms with Crippen LogP contribution in [0.1, 0.15) is 34.7 Å². The second-order valence-corrected chi connectivity index (χ2v) is 14.1. The summed E-state index contributed by atoms with van der Waals surface area (Å²) in [5, 5.41) is 0. The summed E-state index contributed by atoms with van der Waals surface area (Å²) in [5.41, 5.74) is 5.15. The number of rotatable bonds is 19. The van der Waals surface area contributed by atoms with Crippen molar-refractivity contribution in [3.8, 4) is 0 Å². The molecule has 2 heterocycles. The first-order valence-corrected chi connectivity index (χ1v) is 19.4. The molecule has 0 radical (unpaired) electrons. The van der Waals surface area contributed by atoms with Crippen LogP contribution < -0.4 is 0 Å². The highest BCUT2D eigenvalue weighted by molar-refractivity contribution is 5.17. The Labute approximate surface area is 330 Å². The lowest BCUT2D eigenvalue weighted by atomic mass is 9.98. The molecule has 0 saturated carbocycles. The summed E-state index contributed by atoms with van der Waals surface area (Å²) in [7, 11) is 1.61. The van der Waals surface area contributed by atoms with Crippen molar-refractivity contribution in [1.29, 1.82) is 0 Å². The van der Waals surface area contributed by atoms with E-state index < -0.39 is 55.3 Å². The number of methoxy groups -OCH3 is 1. The Morgan fingerprint density at radius 1 is 0.411 bits per heavy atom. The summed E-state index contributed by atoms with van der Waals surface area (Å²) < 4.78 is 59.5. The minimum absolute atomic E-state index is 0.256. The van der Waals surface area contributed by atoms with Crippen molar-refractivity contribution in [2.45, 2.75) is 95.3 Å². The van der Waals surface area contributed by atoms with Gasteiger partial charge in [0.15, 0.2) is 12.6 Å². The van der Waals surface area contributed by atoms with E-state index in [1.54, 1.807) is 7.11 Å². The topological polar surface area (TPSA) is 83.1 Å². The molecule has 2 aliphatic heterocycles. The Bertz CT molecular complexity index is 1820. The van der Waals surface area contributed by atoms with E-state index in [0.29, 0.717) is 33.0 Å². The molecule has 5 aromatic rings. The van der Waals surface area contributed by atoms with Crippen LogP contribution in [0.25, 0.3) is 0 Å². The molecular weight excluding hydrogens is 709 g/mol. The SMILES string of the molecule is CO[C@@H]1O[C@@H](C)[C@H](OCc2ccccc2)[C@@H](O[C@@H]2O[C@H](COCc3ccccc3)[C@@H](OCc3ccccc3)[C@H]2OCc2ccccc2)[C@H]1OCc1ccccc1. The fourth-order valence-corrected chi connectivity index (χ4v) is 7.13. The van der Waals surface area contributed by atoms with Gasteiger partial charge in [-0.1, -0.05) is 152 Å². The van der Waals surface area contributed by atoms with Gasteiger partial charge < -0.3 is 42.6 Å². The Morgan fingerprint density at radius 2 is 0.786 bits per heavy atom. The van der Waals surface area contributed by atoms with E-state index in [1.807, 2.05) is 159 Å². The first-order chi connectivity index (χ1) is 27.6. The van der Waals surface area contributed by atoms with E-state index in [9.17, 15) is 0 Å². The van der Waals surface area contributed by atoms with Gasteiger partial charge in [-0.2, -0.15) is 0 Å². The molecule has 9 heteroatoms. The molecule has 9 nitrogen and oxygen atoms in total. The number of benzene rings is 5. The summed E-state index contributed by atoms with van der Waals surface area (Å²) >= 11 is 0. The maximum absolute atomic E-state index is 7.14. The normalized spacial score (nSPS) is 26.3. The van der Waals surface area contributed by atoms with Crippen LogP contribution in [0.5, 0.6) is 0 Å². The zero-order chi connectivity index (χ0) is 38.4. The zero-order valence-corrected chi connectivity index (χ0v) is 32.0. The Hall–Kier alpha value is -4.26. The van der Waals surface area contributed by atoms with Gasteiger partial charge in [0, 0.05) is 7.11 Å². The molecule has 5 aromatic carbocycles. The lowest BCUT2D eigenvalue weighted by Crippen LogP contribution is -2.61. The summed E-state index contributed by atoms with van der Waals surface area (Å²) in [6, 6.07) is 50.3. The lowest BCUT2D eigenvalue weighted by Gasteiger charge is -2.45. The van der Waals surface area contributed by atoms with Crippen LogP contribution in [-0.2, 0) is 75.7 Å². The maximum atomic E-state index is 7.14. The van der Waals surface area contributed by atoms with Crippen molar-refractivity contribution >= 4 is 0 Å². The molecule has 0 N–H and O–H groups in total. The van der Waals surface area contributed by atoms with Crippen LogP contribution in [0.4, 0.5) is 0 Å². The molecule has 0 unspecified atom stereocenters. The second-order valence-electron chi connectivity index (χ2n) is 14.1. The molecule has 2 aliphatic rings. The van der Waals surface area contributed by atoms with E-state index in [0.717, 1.165) is 27.8 Å². The molecule has 0 bridgehead atoms. The van der Waals surface area contributed by atoms with Crippen LogP contribution in [0.2, 0.25) is 0 Å². The largest absolute Gasteiger partial charge is 0.374 e. The molecule has 0 aromatic heterocycles. The third kappa shape index (κ3) is 11.0. The van der Waals surface area contributed by atoms with Crippen molar-refractivity contribution in [3.63, 3.8) is 0 Å². The van der Waals surface area contributed by atoms with Crippen LogP contribution in [0.15, 0.2) is 152 Å². The first-order valence-electron chi connectivity index (χ1n) is 19.4. The Kier molecular flexibility index (Phi) is 14.8. The predicted octanol–water partition coefficient (Wildman–Crippen LogP) is 8.05. The van der Waals surface area contributed by atoms with Gasteiger partial charge >= 0.3 is 0 Å². The average molecular weight is 761 g/mol. The van der Waals surface area contributed by atoms with Crippen molar-refractivity contribution in [2.24, 2.45) is 0 Å². The Balaban J connectivity index is 1.19. The van der Waals surface area contributed by atoms with Gasteiger partial charge in [0.05, 0.1) is 45.7 Å². The van der Waals surface area contributed by atoms with E-state index in [-0.39, 0.29) is 6.61 Å². The lowest BCUT2D eigenvalue weighted by molar-refractivity contribution is -0.337.